The van der Waals surface area contributed by atoms with E-state index in [1.54, 1.807) is 6.92 Å². The largest absolute Gasteiger partial charge is 0.493 e. The van der Waals surface area contributed by atoms with Gasteiger partial charge in [-0.15, -0.1) is 0 Å². The summed E-state index contributed by atoms with van der Waals surface area (Å²) in [5, 5.41) is 9.82. The first-order chi connectivity index (χ1) is 15.6. The summed E-state index contributed by atoms with van der Waals surface area (Å²) in [5.74, 6) is 2.44. The molecule has 0 amide bonds. The molecule has 32 heavy (non-hydrogen) atoms. The Morgan fingerprint density at radius 3 is 1.91 bits per heavy atom. The number of rotatable bonds is 12. The predicted molar refractivity (Wildman–Crippen MR) is 121 cm³/mol. The van der Waals surface area contributed by atoms with Crippen LogP contribution in [0.4, 0.5) is 0 Å². The number of aliphatic hydroxyl groups excluding tert-OH is 1. The Balaban J connectivity index is 1.33. The topological polar surface area (TPSA) is 74.2 Å². The van der Waals surface area contributed by atoms with Crippen molar-refractivity contribution in [3.63, 3.8) is 0 Å². The number of hydrogen-bond acceptors (Lipinski definition) is 6. The molecule has 0 saturated carbocycles. The van der Waals surface area contributed by atoms with Crippen LogP contribution in [0.15, 0.2) is 78.9 Å². The molecule has 168 valence electrons. The van der Waals surface area contributed by atoms with Crippen LogP contribution >= 0.6 is 0 Å². The molecule has 6 nitrogen and oxygen atoms in total. The molecule has 0 bridgehead atoms. The number of aliphatic hydroxyl groups is 1. The second kappa shape index (κ2) is 12.4. The fourth-order valence-corrected chi connectivity index (χ4v) is 2.93. The lowest BCUT2D eigenvalue weighted by Gasteiger charge is -2.11. The van der Waals surface area contributed by atoms with E-state index in [4.69, 9.17) is 18.9 Å². The third-order valence-corrected chi connectivity index (χ3v) is 4.54. The Bertz CT molecular complexity index is 938. The summed E-state index contributed by atoms with van der Waals surface area (Å²) in [6.07, 6.45) is -0.217. The van der Waals surface area contributed by atoms with Gasteiger partial charge in [0, 0.05) is 12.8 Å². The zero-order chi connectivity index (χ0) is 22.6. The van der Waals surface area contributed by atoms with E-state index in [0.29, 0.717) is 13.2 Å². The van der Waals surface area contributed by atoms with Crippen LogP contribution in [0.2, 0.25) is 0 Å². The normalized spacial score (nSPS) is 11.4. The summed E-state index contributed by atoms with van der Waals surface area (Å²) in [4.78, 5) is 11.5. The van der Waals surface area contributed by atoms with E-state index in [0.717, 1.165) is 35.0 Å². The van der Waals surface area contributed by atoms with Gasteiger partial charge in [-0.3, -0.25) is 0 Å². The maximum absolute atomic E-state index is 11.5. The maximum Gasteiger partial charge on any atom is 0.335 e. The number of benzene rings is 3. The van der Waals surface area contributed by atoms with Crippen molar-refractivity contribution in [3.8, 4) is 23.0 Å². The quantitative estimate of drug-likeness (QED) is 0.325. The van der Waals surface area contributed by atoms with Gasteiger partial charge in [0.05, 0.1) is 19.8 Å². The summed E-state index contributed by atoms with van der Waals surface area (Å²) in [7, 11) is 0. The Morgan fingerprint density at radius 1 is 0.781 bits per heavy atom. The van der Waals surface area contributed by atoms with Crippen LogP contribution in [0.3, 0.4) is 0 Å². The molecule has 0 aliphatic carbocycles. The van der Waals surface area contributed by atoms with E-state index in [-0.39, 0.29) is 13.0 Å². The molecule has 3 aromatic rings. The second-order valence-corrected chi connectivity index (χ2v) is 7.05. The van der Waals surface area contributed by atoms with Crippen LogP contribution < -0.4 is 14.2 Å². The van der Waals surface area contributed by atoms with Gasteiger partial charge in [0.25, 0.3) is 0 Å². The minimum atomic E-state index is -1.15. The fourth-order valence-electron chi connectivity index (χ4n) is 2.93. The average molecular weight is 437 g/mol. The Kier molecular flexibility index (Phi) is 8.95. The van der Waals surface area contributed by atoms with Crippen LogP contribution in [0, 0.1) is 0 Å². The summed E-state index contributed by atoms with van der Waals surface area (Å²) in [5.41, 5.74) is 0.834. The fraction of sp³-hybridized carbons (Fsp3) is 0.269. The molecule has 3 rings (SSSR count). The van der Waals surface area contributed by atoms with Gasteiger partial charge in [-0.05, 0) is 61.0 Å². The predicted octanol–water partition coefficient (Wildman–Crippen LogP) is 4.79. The van der Waals surface area contributed by atoms with Crippen molar-refractivity contribution < 1.29 is 28.8 Å². The zero-order valence-corrected chi connectivity index (χ0v) is 18.1. The van der Waals surface area contributed by atoms with E-state index < -0.39 is 12.1 Å². The number of para-hydroxylation sites is 1. The number of carbonyl (C=O) groups is 1. The number of hydrogen-bond donors (Lipinski definition) is 1. The van der Waals surface area contributed by atoms with Gasteiger partial charge in [0.2, 0.25) is 0 Å². The van der Waals surface area contributed by atoms with E-state index in [1.807, 2.05) is 78.9 Å². The second-order valence-electron chi connectivity index (χ2n) is 7.05. The summed E-state index contributed by atoms with van der Waals surface area (Å²) in [6, 6.07) is 24.4. The molecule has 0 heterocycles. The standard InChI is InChI=1S/C26H28O6/c1-2-29-26(28)25(27)19-20-9-11-21(12-10-20)30-17-6-18-31-22-13-15-24(16-14-22)32-23-7-4-3-5-8-23/h3-5,7-16,25,27H,2,6,17-19H2,1H3. The molecule has 1 atom stereocenters. The monoisotopic (exact) mass is 436 g/mol. The van der Waals surface area contributed by atoms with E-state index in [2.05, 4.69) is 0 Å². The minimum Gasteiger partial charge on any atom is -0.493 e. The third-order valence-electron chi connectivity index (χ3n) is 4.54. The zero-order valence-electron chi connectivity index (χ0n) is 18.1. The van der Waals surface area contributed by atoms with Crippen molar-refractivity contribution in [1.82, 2.24) is 0 Å². The molecular formula is C26H28O6. The molecular weight excluding hydrogens is 408 g/mol. The molecule has 1 unspecified atom stereocenters. The first-order valence-corrected chi connectivity index (χ1v) is 10.7. The lowest BCUT2D eigenvalue weighted by atomic mass is 10.1. The highest BCUT2D eigenvalue weighted by Gasteiger charge is 2.16. The Labute approximate surface area is 188 Å². The van der Waals surface area contributed by atoms with E-state index in [1.165, 1.54) is 0 Å². The van der Waals surface area contributed by atoms with Crippen LogP contribution in [0.1, 0.15) is 18.9 Å². The Morgan fingerprint density at radius 2 is 1.31 bits per heavy atom. The molecule has 0 radical (unpaired) electrons. The van der Waals surface area contributed by atoms with Gasteiger partial charge in [0.1, 0.15) is 23.0 Å². The van der Waals surface area contributed by atoms with Crippen molar-refractivity contribution in [2.24, 2.45) is 0 Å². The summed E-state index contributed by atoms with van der Waals surface area (Å²) in [6.45, 7) is 3.00. The van der Waals surface area contributed by atoms with Gasteiger partial charge in [-0.1, -0.05) is 30.3 Å². The van der Waals surface area contributed by atoms with Crippen molar-refractivity contribution in [2.75, 3.05) is 19.8 Å². The van der Waals surface area contributed by atoms with Crippen LogP contribution in [-0.4, -0.2) is 37.0 Å². The molecule has 3 aromatic carbocycles. The van der Waals surface area contributed by atoms with Crippen molar-refractivity contribution >= 4 is 5.97 Å². The van der Waals surface area contributed by atoms with Gasteiger partial charge in [-0.25, -0.2) is 4.79 Å². The smallest absolute Gasteiger partial charge is 0.335 e. The maximum atomic E-state index is 11.5. The molecule has 0 aromatic heterocycles. The van der Waals surface area contributed by atoms with Crippen LogP contribution in [0.25, 0.3) is 0 Å². The van der Waals surface area contributed by atoms with Crippen molar-refractivity contribution in [1.29, 1.82) is 0 Å². The van der Waals surface area contributed by atoms with Crippen LogP contribution in [0.5, 0.6) is 23.0 Å². The first kappa shape index (κ1) is 23.2. The third kappa shape index (κ3) is 7.63. The highest BCUT2D eigenvalue weighted by molar-refractivity contribution is 5.74. The molecule has 0 aliphatic rings. The number of carbonyl (C=O) groups excluding carboxylic acids is 1. The SMILES string of the molecule is CCOC(=O)C(O)Cc1ccc(OCCCOc2ccc(Oc3ccccc3)cc2)cc1. The number of ether oxygens (including phenoxy) is 4. The molecule has 1 N–H and O–H groups in total. The minimum absolute atomic E-state index is 0.210. The lowest BCUT2D eigenvalue weighted by molar-refractivity contribution is -0.152. The van der Waals surface area contributed by atoms with E-state index in [9.17, 15) is 9.90 Å². The van der Waals surface area contributed by atoms with Gasteiger partial charge in [-0.2, -0.15) is 0 Å². The van der Waals surface area contributed by atoms with Crippen LogP contribution in [-0.2, 0) is 16.0 Å². The van der Waals surface area contributed by atoms with Crippen molar-refractivity contribution in [2.45, 2.75) is 25.9 Å². The van der Waals surface area contributed by atoms with Crippen molar-refractivity contribution in [3.05, 3.63) is 84.4 Å². The highest BCUT2D eigenvalue weighted by atomic mass is 16.5. The van der Waals surface area contributed by atoms with Gasteiger partial charge in [0.15, 0.2) is 6.10 Å². The molecule has 0 saturated heterocycles. The van der Waals surface area contributed by atoms with Gasteiger partial charge < -0.3 is 24.1 Å². The Hall–Kier alpha value is -3.51. The van der Waals surface area contributed by atoms with E-state index >= 15 is 0 Å². The lowest BCUT2D eigenvalue weighted by Crippen LogP contribution is -2.25. The number of esters is 1. The first-order valence-electron chi connectivity index (χ1n) is 10.7. The highest BCUT2D eigenvalue weighted by Crippen LogP contribution is 2.23. The molecule has 6 heteroatoms. The molecule has 0 fully saturated rings. The molecule has 0 aliphatic heterocycles. The molecule has 0 spiro atoms. The van der Waals surface area contributed by atoms with Gasteiger partial charge >= 0.3 is 5.97 Å². The summed E-state index contributed by atoms with van der Waals surface area (Å²) >= 11 is 0. The average Bonchev–Trinajstić information content (AvgIpc) is 2.82. The summed E-state index contributed by atoms with van der Waals surface area (Å²) < 4.78 is 22.0.